The maximum atomic E-state index is 13.8. The maximum absolute atomic E-state index is 13.8. The van der Waals surface area contributed by atoms with E-state index in [9.17, 15) is 4.39 Å². The number of pyridine rings is 1. The van der Waals surface area contributed by atoms with E-state index >= 15 is 0 Å². The molecule has 0 saturated carbocycles. The number of fused-ring (bicyclic) bond motifs is 1. The lowest BCUT2D eigenvalue weighted by atomic mass is 10.1. The quantitative estimate of drug-likeness (QED) is 0.450. The third kappa shape index (κ3) is 4.63. The van der Waals surface area contributed by atoms with Crippen molar-refractivity contribution >= 4 is 22.5 Å². The number of nitrogens with one attached hydrogen (secondary N) is 2. The van der Waals surface area contributed by atoms with Crippen LogP contribution < -0.4 is 15.4 Å². The number of piperidine rings is 1. The molecule has 170 valence electrons. The van der Waals surface area contributed by atoms with Crippen molar-refractivity contribution in [3.8, 4) is 17.0 Å². The molecule has 1 aliphatic heterocycles. The molecule has 4 heterocycles. The van der Waals surface area contributed by atoms with Gasteiger partial charge in [0.15, 0.2) is 5.82 Å². The lowest BCUT2D eigenvalue weighted by Crippen LogP contribution is -2.29. The van der Waals surface area contributed by atoms with Gasteiger partial charge < -0.3 is 15.4 Å². The van der Waals surface area contributed by atoms with Gasteiger partial charge in [0.05, 0.1) is 35.2 Å². The molecule has 4 aromatic rings. The van der Waals surface area contributed by atoms with Gasteiger partial charge in [-0.1, -0.05) is 0 Å². The van der Waals surface area contributed by atoms with E-state index in [2.05, 4.69) is 31.9 Å². The largest absolute Gasteiger partial charge is 0.489 e. The van der Waals surface area contributed by atoms with Crippen LogP contribution in [0.5, 0.6) is 5.75 Å². The minimum atomic E-state index is -0.366. The zero-order valence-electron chi connectivity index (χ0n) is 18.6. The van der Waals surface area contributed by atoms with Crippen molar-refractivity contribution in [3.05, 3.63) is 54.9 Å². The van der Waals surface area contributed by atoms with Crippen LogP contribution >= 0.6 is 0 Å². The number of anilines is 2. The molecule has 9 heteroatoms. The van der Waals surface area contributed by atoms with Crippen LogP contribution in [-0.4, -0.2) is 43.9 Å². The topological polar surface area (TPSA) is 89.8 Å². The van der Waals surface area contributed by atoms with E-state index in [1.54, 1.807) is 6.07 Å². The molecule has 1 aromatic carbocycles. The Hall–Kier alpha value is -3.59. The average Bonchev–Trinajstić information content (AvgIpc) is 3.31. The molecule has 0 atom stereocenters. The van der Waals surface area contributed by atoms with E-state index in [0.29, 0.717) is 34.3 Å². The summed E-state index contributed by atoms with van der Waals surface area (Å²) >= 11 is 0. The Morgan fingerprint density at radius 2 is 2.00 bits per heavy atom. The molecular weight excluding hydrogens is 421 g/mol. The summed E-state index contributed by atoms with van der Waals surface area (Å²) in [6.45, 7) is 5.80. The van der Waals surface area contributed by atoms with Crippen LogP contribution in [0.2, 0.25) is 0 Å². The van der Waals surface area contributed by atoms with Crippen molar-refractivity contribution in [2.75, 3.05) is 18.4 Å². The van der Waals surface area contributed by atoms with Gasteiger partial charge in [-0.05, 0) is 64.0 Å². The lowest BCUT2D eigenvalue weighted by molar-refractivity contribution is 0.243. The van der Waals surface area contributed by atoms with Gasteiger partial charge in [-0.15, -0.1) is 0 Å². The maximum Gasteiger partial charge on any atom is 0.160 e. The second kappa shape index (κ2) is 9.11. The Labute approximate surface area is 191 Å². The molecule has 33 heavy (non-hydrogen) atoms. The number of benzene rings is 1. The first-order valence-corrected chi connectivity index (χ1v) is 11.2. The number of nitrogens with zero attached hydrogens (tertiary/aromatic N) is 5. The normalized spacial score (nSPS) is 14.7. The molecule has 0 aliphatic carbocycles. The van der Waals surface area contributed by atoms with Crippen LogP contribution in [0.4, 0.5) is 15.9 Å². The SMILES string of the molecule is CC(C)Oc1cc(F)ccc1Nc1ncnc2ccc(-c3cnn(C4CCNCC4)c3)nc12. The Balaban J connectivity index is 1.48. The van der Waals surface area contributed by atoms with E-state index in [4.69, 9.17) is 9.72 Å². The molecule has 2 N–H and O–H groups in total. The van der Waals surface area contributed by atoms with Crippen molar-refractivity contribution < 1.29 is 9.13 Å². The fourth-order valence-electron chi connectivity index (χ4n) is 4.01. The molecule has 0 amide bonds. The van der Waals surface area contributed by atoms with Crippen LogP contribution in [0.3, 0.4) is 0 Å². The standard InChI is InChI=1S/C24H26FN7O/c1-15(2)33-22-11-17(25)3-4-20(22)31-24-23-21(27-14-28-24)6-5-19(30-23)16-12-29-32(13-16)18-7-9-26-10-8-18/h3-6,11-15,18,26H,7-10H2,1-2H3,(H,27,28,31). The monoisotopic (exact) mass is 447 g/mol. The van der Waals surface area contributed by atoms with Crippen LogP contribution in [-0.2, 0) is 0 Å². The predicted molar refractivity (Wildman–Crippen MR) is 125 cm³/mol. The smallest absolute Gasteiger partial charge is 0.160 e. The van der Waals surface area contributed by atoms with Gasteiger partial charge >= 0.3 is 0 Å². The number of aromatic nitrogens is 5. The van der Waals surface area contributed by atoms with Gasteiger partial charge in [0.2, 0.25) is 0 Å². The molecule has 1 fully saturated rings. The average molecular weight is 448 g/mol. The number of ether oxygens (including phenoxy) is 1. The van der Waals surface area contributed by atoms with Gasteiger partial charge in [0.1, 0.15) is 23.4 Å². The van der Waals surface area contributed by atoms with Crippen molar-refractivity contribution in [3.63, 3.8) is 0 Å². The van der Waals surface area contributed by atoms with Crippen molar-refractivity contribution in [1.82, 2.24) is 30.0 Å². The molecule has 0 radical (unpaired) electrons. The molecule has 0 bridgehead atoms. The summed E-state index contributed by atoms with van der Waals surface area (Å²) < 4.78 is 21.6. The van der Waals surface area contributed by atoms with Gasteiger partial charge in [0.25, 0.3) is 0 Å². The van der Waals surface area contributed by atoms with Gasteiger partial charge in [0, 0.05) is 17.8 Å². The van der Waals surface area contributed by atoms with E-state index in [1.165, 1.54) is 18.5 Å². The van der Waals surface area contributed by atoms with E-state index < -0.39 is 0 Å². The van der Waals surface area contributed by atoms with Crippen molar-refractivity contribution in [1.29, 1.82) is 0 Å². The van der Waals surface area contributed by atoms with Crippen LogP contribution in [0.1, 0.15) is 32.7 Å². The van der Waals surface area contributed by atoms with E-state index in [1.807, 2.05) is 36.9 Å². The number of hydrogen-bond donors (Lipinski definition) is 2. The highest BCUT2D eigenvalue weighted by atomic mass is 19.1. The summed E-state index contributed by atoms with van der Waals surface area (Å²) in [5.41, 5.74) is 3.66. The van der Waals surface area contributed by atoms with E-state index in [-0.39, 0.29) is 11.9 Å². The first kappa shape index (κ1) is 21.3. The van der Waals surface area contributed by atoms with Crippen LogP contribution in [0.25, 0.3) is 22.3 Å². The molecule has 0 spiro atoms. The van der Waals surface area contributed by atoms with Gasteiger partial charge in [-0.25, -0.2) is 19.3 Å². The summed E-state index contributed by atoms with van der Waals surface area (Å²) in [4.78, 5) is 13.6. The number of hydrogen-bond acceptors (Lipinski definition) is 7. The minimum Gasteiger partial charge on any atom is -0.489 e. The fourth-order valence-corrected chi connectivity index (χ4v) is 4.01. The Bertz CT molecular complexity index is 1270. The molecular formula is C24H26FN7O. The minimum absolute atomic E-state index is 0.101. The van der Waals surface area contributed by atoms with Gasteiger partial charge in [-0.3, -0.25) is 4.68 Å². The second-order valence-electron chi connectivity index (χ2n) is 8.41. The number of halogens is 1. The van der Waals surface area contributed by atoms with Crippen molar-refractivity contribution in [2.24, 2.45) is 0 Å². The highest BCUT2D eigenvalue weighted by molar-refractivity contribution is 5.89. The summed E-state index contributed by atoms with van der Waals surface area (Å²) in [6, 6.07) is 8.64. The Kier molecular flexibility index (Phi) is 5.87. The highest BCUT2D eigenvalue weighted by Gasteiger charge is 2.17. The summed E-state index contributed by atoms with van der Waals surface area (Å²) in [5, 5.41) is 11.2. The zero-order chi connectivity index (χ0) is 22.8. The molecule has 5 rings (SSSR count). The van der Waals surface area contributed by atoms with Crippen LogP contribution in [0.15, 0.2) is 49.1 Å². The first-order valence-electron chi connectivity index (χ1n) is 11.2. The Morgan fingerprint density at radius 1 is 1.15 bits per heavy atom. The summed E-state index contributed by atoms with van der Waals surface area (Å²) in [5.74, 6) is 0.568. The molecule has 8 nitrogen and oxygen atoms in total. The molecule has 1 aliphatic rings. The van der Waals surface area contributed by atoms with E-state index in [0.717, 1.165) is 37.2 Å². The summed E-state index contributed by atoms with van der Waals surface area (Å²) in [6.07, 6.45) is 7.40. The highest BCUT2D eigenvalue weighted by Crippen LogP contribution is 2.32. The first-order chi connectivity index (χ1) is 16.1. The fraction of sp³-hybridized carbons (Fsp3) is 0.333. The third-order valence-electron chi connectivity index (χ3n) is 5.62. The lowest BCUT2D eigenvalue weighted by Gasteiger charge is -2.22. The van der Waals surface area contributed by atoms with Crippen molar-refractivity contribution in [2.45, 2.75) is 38.8 Å². The molecule has 1 saturated heterocycles. The summed E-state index contributed by atoms with van der Waals surface area (Å²) in [7, 11) is 0. The Morgan fingerprint density at radius 3 is 2.82 bits per heavy atom. The molecule has 3 aromatic heterocycles. The predicted octanol–water partition coefficient (Wildman–Crippen LogP) is 4.48. The number of rotatable bonds is 6. The zero-order valence-corrected chi connectivity index (χ0v) is 18.6. The third-order valence-corrected chi connectivity index (χ3v) is 5.62. The van der Waals surface area contributed by atoms with Gasteiger partial charge in [-0.2, -0.15) is 5.10 Å². The molecule has 0 unspecified atom stereocenters. The van der Waals surface area contributed by atoms with Crippen LogP contribution in [0, 0.1) is 5.82 Å². The second-order valence-corrected chi connectivity index (χ2v) is 8.41.